The molecule has 0 amide bonds. The first kappa shape index (κ1) is 17.2. The lowest BCUT2D eigenvalue weighted by atomic mass is 10.2. The maximum atomic E-state index is 12.7. The van der Waals surface area contributed by atoms with Gasteiger partial charge in [-0.1, -0.05) is 24.3 Å². The van der Waals surface area contributed by atoms with Crippen molar-refractivity contribution in [2.24, 2.45) is 0 Å². The van der Waals surface area contributed by atoms with Gasteiger partial charge in [0.15, 0.2) is 0 Å². The van der Waals surface area contributed by atoms with Gasteiger partial charge in [-0.3, -0.25) is 4.72 Å². The summed E-state index contributed by atoms with van der Waals surface area (Å²) in [5.74, 6) is 0. The Hall–Kier alpha value is -3.21. The molecule has 5 nitrogen and oxygen atoms in total. The van der Waals surface area contributed by atoms with Crippen molar-refractivity contribution in [3.63, 3.8) is 0 Å². The smallest absolute Gasteiger partial charge is 0.261 e. The summed E-state index contributed by atoms with van der Waals surface area (Å²) in [4.78, 5) is 4.71. The van der Waals surface area contributed by atoms with Gasteiger partial charge in [0.2, 0.25) is 0 Å². The number of rotatable bonds is 4. The van der Waals surface area contributed by atoms with Crippen LogP contribution in [0.25, 0.3) is 20.8 Å². The number of fused-ring (bicyclic) bond motifs is 1. The van der Waals surface area contributed by atoms with Gasteiger partial charge in [-0.05, 0) is 48.5 Å². The highest BCUT2D eigenvalue weighted by molar-refractivity contribution is 7.92. The number of nitrogens with zero attached hydrogens (tertiary/aromatic N) is 2. The van der Waals surface area contributed by atoms with Gasteiger partial charge in [-0.15, -0.1) is 11.3 Å². The molecule has 0 unspecified atom stereocenters. The van der Waals surface area contributed by atoms with Crippen molar-refractivity contribution in [2.75, 3.05) is 4.72 Å². The van der Waals surface area contributed by atoms with E-state index in [-0.39, 0.29) is 4.90 Å². The summed E-state index contributed by atoms with van der Waals surface area (Å²) >= 11 is 1.51. The molecule has 3 aromatic carbocycles. The Kier molecular flexibility index (Phi) is 4.36. The molecule has 132 valence electrons. The molecule has 0 aliphatic heterocycles. The number of nitriles is 1. The number of aromatic nitrogens is 1. The minimum atomic E-state index is -3.78. The molecule has 0 saturated carbocycles. The van der Waals surface area contributed by atoms with Gasteiger partial charge >= 0.3 is 0 Å². The van der Waals surface area contributed by atoms with E-state index < -0.39 is 10.0 Å². The van der Waals surface area contributed by atoms with E-state index in [1.54, 1.807) is 12.1 Å². The lowest BCUT2D eigenvalue weighted by molar-refractivity contribution is 0.601. The highest BCUT2D eigenvalue weighted by Crippen LogP contribution is 2.35. The molecule has 0 saturated heterocycles. The number of anilines is 1. The van der Waals surface area contributed by atoms with Crippen molar-refractivity contribution in [1.29, 1.82) is 5.26 Å². The summed E-state index contributed by atoms with van der Waals surface area (Å²) in [6.45, 7) is 0. The molecule has 1 N–H and O–H groups in total. The standard InChI is InChI=1S/C20H13N3O2S2/c21-13-14-9-11-15(12-10-14)27(24,25)23-17-6-2-1-5-16(17)20-22-18-7-3-4-8-19(18)26-20/h1-12,23H. The molecule has 0 bridgehead atoms. The van der Waals surface area contributed by atoms with Crippen LogP contribution < -0.4 is 4.72 Å². The molecule has 0 fully saturated rings. The Bertz CT molecular complexity index is 1240. The van der Waals surface area contributed by atoms with Crippen molar-refractivity contribution in [2.45, 2.75) is 4.90 Å². The molecular weight excluding hydrogens is 378 g/mol. The van der Waals surface area contributed by atoms with Gasteiger partial charge < -0.3 is 0 Å². The normalized spacial score (nSPS) is 11.2. The van der Waals surface area contributed by atoms with Crippen LogP contribution >= 0.6 is 11.3 Å². The highest BCUT2D eigenvalue weighted by Gasteiger charge is 2.18. The number of benzene rings is 3. The van der Waals surface area contributed by atoms with Gasteiger partial charge in [0.1, 0.15) is 5.01 Å². The number of sulfonamides is 1. The number of thiazole rings is 1. The molecule has 4 rings (SSSR count). The fraction of sp³-hybridized carbons (Fsp3) is 0. The van der Waals surface area contributed by atoms with E-state index in [0.717, 1.165) is 20.8 Å². The van der Waals surface area contributed by atoms with Crippen LogP contribution in [0.5, 0.6) is 0 Å². The SMILES string of the molecule is N#Cc1ccc(S(=O)(=O)Nc2ccccc2-c2nc3ccccc3s2)cc1. The van der Waals surface area contributed by atoms with E-state index in [0.29, 0.717) is 11.3 Å². The average molecular weight is 391 g/mol. The first-order valence-corrected chi connectivity index (χ1v) is 10.3. The lowest BCUT2D eigenvalue weighted by Crippen LogP contribution is -2.13. The minimum absolute atomic E-state index is 0.0978. The second-order valence-electron chi connectivity index (χ2n) is 5.77. The number of hydrogen-bond donors (Lipinski definition) is 1. The Morgan fingerprint density at radius 1 is 0.926 bits per heavy atom. The van der Waals surface area contributed by atoms with E-state index >= 15 is 0 Å². The first-order chi connectivity index (χ1) is 13.1. The topological polar surface area (TPSA) is 82.8 Å². The molecular formula is C20H13N3O2S2. The van der Waals surface area contributed by atoms with E-state index in [4.69, 9.17) is 5.26 Å². The van der Waals surface area contributed by atoms with Crippen LogP contribution in [-0.4, -0.2) is 13.4 Å². The van der Waals surface area contributed by atoms with Crippen LogP contribution in [0, 0.1) is 11.3 Å². The summed E-state index contributed by atoms with van der Waals surface area (Å²) < 4.78 is 29.2. The number of hydrogen-bond acceptors (Lipinski definition) is 5. The third-order valence-corrected chi connectivity index (χ3v) is 6.44. The van der Waals surface area contributed by atoms with Crippen LogP contribution in [0.4, 0.5) is 5.69 Å². The number of nitrogens with one attached hydrogen (secondary N) is 1. The summed E-state index contributed by atoms with van der Waals surface area (Å²) in [5.41, 5.74) is 2.46. The van der Waals surface area contributed by atoms with Gasteiger partial charge in [-0.25, -0.2) is 13.4 Å². The molecule has 0 spiro atoms. The maximum Gasteiger partial charge on any atom is 0.261 e. The van der Waals surface area contributed by atoms with Crippen LogP contribution in [0.2, 0.25) is 0 Å². The van der Waals surface area contributed by atoms with Crippen LogP contribution in [0.3, 0.4) is 0 Å². The highest BCUT2D eigenvalue weighted by atomic mass is 32.2. The third kappa shape index (κ3) is 3.40. The third-order valence-electron chi connectivity index (χ3n) is 3.99. The lowest BCUT2D eigenvalue weighted by Gasteiger charge is -2.11. The van der Waals surface area contributed by atoms with Crippen molar-refractivity contribution in [3.05, 3.63) is 78.4 Å². The molecule has 0 radical (unpaired) electrons. The van der Waals surface area contributed by atoms with E-state index in [9.17, 15) is 8.42 Å². The Morgan fingerprint density at radius 2 is 1.63 bits per heavy atom. The van der Waals surface area contributed by atoms with E-state index in [1.807, 2.05) is 42.5 Å². The van der Waals surface area contributed by atoms with Gasteiger partial charge in [0, 0.05) is 5.56 Å². The average Bonchev–Trinajstić information content (AvgIpc) is 3.12. The van der Waals surface area contributed by atoms with E-state index in [1.165, 1.54) is 35.6 Å². The van der Waals surface area contributed by atoms with E-state index in [2.05, 4.69) is 9.71 Å². The van der Waals surface area contributed by atoms with Crippen molar-refractivity contribution < 1.29 is 8.42 Å². The van der Waals surface area contributed by atoms with Crippen molar-refractivity contribution in [3.8, 4) is 16.6 Å². The molecule has 0 atom stereocenters. The molecule has 1 aromatic heterocycles. The van der Waals surface area contributed by atoms with Crippen LogP contribution in [0.1, 0.15) is 5.56 Å². The molecule has 4 aromatic rings. The van der Waals surface area contributed by atoms with Gasteiger partial charge in [-0.2, -0.15) is 5.26 Å². The van der Waals surface area contributed by atoms with Crippen LogP contribution in [0.15, 0.2) is 77.7 Å². The Morgan fingerprint density at radius 3 is 2.37 bits per heavy atom. The maximum absolute atomic E-state index is 12.7. The Balaban J connectivity index is 1.73. The zero-order chi connectivity index (χ0) is 18.9. The van der Waals surface area contributed by atoms with Crippen molar-refractivity contribution >= 4 is 37.3 Å². The quantitative estimate of drug-likeness (QED) is 0.549. The summed E-state index contributed by atoms with van der Waals surface area (Å²) in [6.07, 6.45) is 0. The minimum Gasteiger partial charge on any atom is -0.279 e. The predicted molar refractivity (Wildman–Crippen MR) is 107 cm³/mol. The molecule has 27 heavy (non-hydrogen) atoms. The Labute approximate surface area is 160 Å². The second-order valence-corrected chi connectivity index (χ2v) is 8.49. The zero-order valence-electron chi connectivity index (χ0n) is 14.0. The predicted octanol–water partition coefficient (Wildman–Crippen LogP) is 4.64. The second kappa shape index (κ2) is 6.83. The fourth-order valence-corrected chi connectivity index (χ4v) is 4.74. The van der Waals surface area contributed by atoms with Gasteiger partial charge in [0.25, 0.3) is 10.0 Å². The summed E-state index contributed by atoms with van der Waals surface area (Å²) in [5, 5.41) is 9.61. The summed E-state index contributed by atoms with van der Waals surface area (Å²) in [7, 11) is -3.78. The van der Waals surface area contributed by atoms with Gasteiger partial charge in [0.05, 0.1) is 32.4 Å². The van der Waals surface area contributed by atoms with Crippen molar-refractivity contribution in [1.82, 2.24) is 4.98 Å². The largest absolute Gasteiger partial charge is 0.279 e. The molecule has 1 heterocycles. The molecule has 7 heteroatoms. The monoisotopic (exact) mass is 391 g/mol. The zero-order valence-corrected chi connectivity index (χ0v) is 15.6. The number of para-hydroxylation sites is 2. The summed E-state index contributed by atoms with van der Waals surface area (Å²) in [6, 6.07) is 22.7. The molecule has 0 aliphatic rings. The fourth-order valence-electron chi connectivity index (χ4n) is 2.66. The van der Waals surface area contributed by atoms with Crippen LogP contribution in [-0.2, 0) is 10.0 Å². The first-order valence-electron chi connectivity index (χ1n) is 8.05. The molecule has 0 aliphatic carbocycles.